The normalized spacial score (nSPS) is 24.9. The summed E-state index contributed by atoms with van der Waals surface area (Å²) in [5.74, 6) is -0.783. The standard InChI is InChI=1S/C13H24N2O3S/c1-9(5-4-6-12(16)17)14-13(18)15-7-10(2)19-11(3)8-15/h9-11H,4-8H2,1-3H3,(H,14,18)(H,16,17). The van der Waals surface area contributed by atoms with Crippen molar-refractivity contribution in [3.05, 3.63) is 0 Å². The summed E-state index contributed by atoms with van der Waals surface area (Å²) in [5, 5.41) is 12.5. The van der Waals surface area contributed by atoms with Crippen LogP contribution in [-0.4, -0.2) is 51.6 Å². The summed E-state index contributed by atoms with van der Waals surface area (Å²) in [7, 11) is 0. The van der Waals surface area contributed by atoms with Gasteiger partial charge in [0.15, 0.2) is 0 Å². The molecule has 0 aromatic rings. The first-order valence-electron chi connectivity index (χ1n) is 6.81. The quantitative estimate of drug-likeness (QED) is 0.813. The lowest BCUT2D eigenvalue weighted by atomic mass is 10.1. The Morgan fingerprint density at radius 3 is 2.47 bits per heavy atom. The smallest absolute Gasteiger partial charge is 0.317 e. The third kappa shape index (κ3) is 6.18. The highest BCUT2D eigenvalue weighted by atomic mass is 32.2. The zero-order valence-electron chi connectivity index (χ0n) is 11.9. The molecule has 0 saturated carbocycles. The number of thioether (sulfide) groups is 1. The Kier molecular flexibility index (Phi) is 6.48. The number of amides is 2. The van der Waals surface area contributed by atoms with Crippen LogP contribution >= 0.6 is 11.8 Å². The lowest BCUT2D eigenvalue weighted by Crippen LogP contribution is -2.50. The van der Waals surface area contributed by atoms with Crippen LogP contribution in [0.15, 0.2) is 0 Å². The van der Waals surface area contributed by atoms with Crippen LogP contribution in [0, 0.1) is 0 Å². The number of hydrogen-bond acceptors (Lipinski definition) is 3. The molecule has 0 bridgehead atoms. The highest BCUT2D eigenvalue weighted by molar-refractivity contribution is 8.00. The van der Waals surface area contributed by atoms with Gasteiger partial charge in [0.25, 0.3) is 0 Å². The molecule has 1 fully saturated rings. The Morgan fingerprint density at radius 1 is 1.37 bits per heavy atom. The summed E-state index contributed by atoms with van der Waals surface area (Å²) in [6.45, 7) is 7.75. The summed E-state index contributed by atoms with van der Waals surface area (Å²) in [4.78, 5) is 24.4. The molecule has 2 amide bonds. The average molecular weight is 288 g/mol. The Morgan fingerprint density at radius 2 is 1.95 bits per heavy atom. The van der Waals surface area contributed by atoms with Crippen molar-refractivity contribution >= 4 is 23.8 Å². The van der Waals surface area contributed by atoms with Gasteiger partial charge >= 0.3 is 12.0 Å². The lowest BCUT2D eigenvalue weighted by Gasteiger charge is -2.35. The van der Waals surface area contributed by atoms with Crippen LogP contribution in [0.5, 0.6) is 0 Å². The summed E-state index contributed by atoms with van der Waals surface area (Å²) in [6.07, 6.45) is 1.46. The maximum absolute atomic E-state index is 12.1. The first-order valence-corrected chi connectivity index (χ1v) is 7.75. The molecule has 3 unspecified atom stereocenters. The molecule has 0 aromatic carbocycles. The molecule has 3 atom stereocenters. The second kappa shape index (κ2) is 7.62. The molecule has 19 heavy (non-hydrogen) atoms. The topological polar surface area (TPSA) is 69.6 Å². The summed E-state index contributed by atoms with van der Waals surface area (Å²) < 4.78 is 0. The van der Waals surface area contributed by atoms with E-state index in [0.717, 1.165) is 13.1 Å². The number of carbonyl (C=O) groups is 2. The molecule has 110 valence electrons. The van der Waals surface area contributed by atoms with E-state index in [2.05, 4.69) is 19.2 Å². The van der Waals surface area contributed by atoms with Gasteiger partial charge in [-0.1, -0.05) is 13.8 Å². The minimum absolute atomic E-state index is 0.0204. The van der Waals surface area contributed by atoms with E-state index in [1.807, 2.05) is 23.6 Å². The number of aliphatic carboxylic acids is 1. The van der Waals surface area contributed by atoms with Gasteiger partial charge < -0.3 is 15.3 Å². The van der Waals surface area contributed by atoms with Crippen molar-refractivity contribution in [3.63, 3.8) is 0 Å². The molecule has 1 rings (SSSR count). The summed E-state index contributed by atoms with van der Waals surface area (Å²) in [6, 6.07) is -0.00568. The van der Waals surface area contributed by atoms with Crippen molar-refractivity contribution in [1.29, 1.82) is 0 Å². The number of urea groups is 1. The van der Waals surface area contributed by atoms with E-state index in [0.29, 0.717) is 23.3 Å². The maximum atomic E-state index is 12.1. The van der Waals surface area contributed by atoms with Crippen LogP contribution in [0.3, 0.4) is 0 Å². The van der Waals surface area contributed by atoms with Crippen LogP contribution in [0.1, 0.15) is 40.0 Å². The van der Waals surface area contributed by atoms with Gasteiger partial charge in [-0.2, -0.15) is 11.8 Å². The van der Waals surface area contributed by atoms with Crippen LogP contribution in [-0.2, 0) is 4.79 Å². The van der Waals surface area contributed by atoms with Crippen LogP contribution in [0.4, 0.5) is 4.79 Å². The molecule has 2 N–H and O–H groups in total. The number of carboxylic acid groups (broad SMARTS) is 1. The Balaban J connectivity index is 2.31. The van der Waals surface area contributed by atoms with Crippen molar-refractivity contribution < 1.29 is 14.7 Å². The minimum Gasteiger partial charge on any atom is -0.481 e. The molecular weight excluding hydrogens is 264 g/mol. The van der Waals surface area contributed by atoms with E-state index < -0.39 is 5.97 Å². The third-order valence-electron chi connectivity index (χ3n) is 3.10. The SMILES string of the molecule is CC(CCCC(=O)O)NC(=O)N1CC(C)SC(C)C1. The van der Waals surface area contributed by atoms with Crippen molar-refractivity contribution in [3.8, 4) is 0 Å². The first kappa shape index (κ1) is 16.1. The molecule has 1 saturated heterocycles. The summed E-state index contributed by atoms with van der Waals surface area (Å²) >= 11 is 1.91. The van der Waals surface area contributed by atoms with Gasteiger partial charge in [0, 0.05) is 36.1 Å². The highest BCUT2D eigenvalue weighted by Crippen LogP contribution is 2.24. The number of nitrogens with one attached hydrogen (secondary N) is 1. The molecule has 1 aliphatic rings. The van der Waals surface area contributed by atoms with E-state index >= 15 is 0 Å². The van der Waals surface area contributed by atoms with Crippen LogP contribution in [0.2, 0.25) is 0 Å². The van der Waals surface area contributed by atoms with Gasteiger partial charge in [0.2, 0.25) is 0 Å². The number of rotatable bonds is 5. The Hall–Kier alpha value is -0.910. The van der Waals surface area contributed by atoms with Gasteiger partial charge in [-0.15, -0.1) is 0 Å². The van der Waals surface area contributed by atoms with Gasteiger partial charge in [-0.3, -0.25) is 4.79 Å². The molecule has 6 heteroatoms. The number of hydrogen-bond donors (Lipinski definition) is 2. The fourth-order valence-corrected chi connectivity index (χ4v) is 3.60. The summed E-state index contributed by atoms with van der Waals surface area (Å²) in [5.41, 5.74) is 0. The third-order valence-corrected chi connectivity index (χ3v) is 4.33. The Labute approximate surface area is 119 Å². The van der Waals surface area contributed by atoms with Crippen molar-refractivity contribution in [2.24, 2.45) is 0 Å². The zero-order chi connectivity index (χ0) is 14.4. The average Bonchev–Trinajstić information content (AvgIpc) is 2.26. The van der Waals surface area contributed by atoms with E-state index in [1.165, 1.54) is 0 Å². The highest BCUT2D eigenvalue weighted by Gasteiger charge is 2.26. The second-order valence-corrected chi connectivity index (χ2v) is 7.18. The number of carboxylic acids is 1. The second-order valence-electron chi connectivity index (χ2n) is 5.30. The van der Waals surface area contributed by atoms with E-state index in [-0.39, 0.29) is 18.5 Å². The van der Waals surface area contributed by atoms with E-state index in [9.17, 15) is 9.59 Å². The fraction of sp³-hybridized carbons (Fsp3) is 0.846. The molecule has 0 aromatic heterocycles. The van der Waals surface area contributed by atoms with Gasteiger partial charge in [-0.25, -0.2) is 4.79 Å². The van der Waals surface area contributed by atoms with Crippen LogP contribution < -0.4 is 5.32 Å². The maximum Gasteiger partial charge on any atom is 0.317 e. The number of carbonyl (C=O) groups excluding carboxylic acids is 1. The molecule has 0 spiro atoms. The van der Waals surface area contributed by atoms with Crippen molar-refractivity contribution in [2.75, 3.05) is 13.1 Å². The molecule has 5 nitrogen and oxygen atoms in total. The molecule has 1 heterocycles. The van der Waals surface area contributed by atoms with Gasteiger partial charge in [0.05, 0.1) is 0 Å². The predicted octanol–water partition coefficient (Wildman–Crippen LogP) is 2.17. The first-order chi connectivity index (χ1) is 8.88. The molecule has 0 aliphatic carbocycles. The molecule has 0 radical (unpaired) electrons. The zero-order valence-corrected chi connectivity index (χ0v) is 12.7. The monoisotopic (exact) mass is 288 g/mol. The number of nitrogens with zero attached hydrogens (tertiary/aromatic N) is 1. The molecular formula is C13H24N2O3S. The van der Waals surface area contributed by atoms with Crippen molar-refractivity contribution in [2.45, 2.75) is 56.6 Å². The van der Waals surface area contributed by atoms with Gasteiger partial charge in [0.1, 0.15) is 0 Å². The molecule has 1 aliphatic heterocycles. The fourth-order valence-electron chi connectivity index (χ4n) is 2.28. The van der Waals surface area contributed by atoms with E-state index in [4.69, 9.17) is 5.11 Å². The van der Waals surface area contributed by atoms with E-state index in [1.54, 1.807) is 0 Å². The van der Waals surface area contributed by atoms with Crippen molar-refractivity contribution in [1.82, 2.24) is 10.2 Å². The lowest BCUT2D eigenvalue weighted by molar-refractivity contribution is -0.137. The largest absolute Gasteiger partial charge is 0.481 e. The predicted molar refractivity (Wildman–Crippen MR) is 77.6 cm³/mol. The Bertz CT molecular complexity index is 315. The minimum atomic E-state index is -0.783. The van der Waals surface area contributed by atoms with Gasteiger partial charge in [-0.05, 0) is 19.8 Å². The van der Waals surface area contributed by atoms with Crippen LogP contribution in [0.25, 0.3) is 0 Å².